The van der Waals surface area contributed by atoms with Gasteiger partial charge in [-0.25, -0.2) is 0 Å². The third-order valence-corrected chi connectivity index (χ3v) is 10.8. The Bertz CT molecular complexity index is 2040. The zero-order chi connectivity index (χ0) is 37.8. The number of nitrogens with zero attached hydrogens (tertiary/aromatic N) is 4. The molecule has 0 spiro atoms. The number of aryl methyl sites for hydroxylation is 1. The highest BCUT2D eigenvalue weighted by molar-refractivity contribution is 6.09. The van der Waals surface area contributed by atoms with Gasteiger partial charge in [0.05, 0.1) is 18.2 Å². The number of benzene rings is 3. The second-order valence-electron chi connectivity index (χ2n) is 14.4. The van der Waals surface area contributed by atoms with Gasteiger partial charge in [-0.15, -0.1) is 0 Å². The van der Waals surface area contributed by atoms with E-state index in [0.717, 1.165) is 40.4 Å². The number of ether oxygens (including phenoxy) is 1. The van der Waals surface area contributed by atoms with E-state index < -0.39 is 6.04 Å². The number of aromatic nitrogens is 1. The lowest BCUT2D eigenvalue weighted by Gasteiger charge is -2.29. The van der Waals surface area contributed by atoms with Crippen LogP contribution in [0.4, 0.5) is 0 Å². The van der Waals surface area contributed by atoms with E-state index in [4.69, 9.17) is 4.74 Å². The Hall–Kier alpha value is -5.39. The lowest BCUT2D eigenvalue weighted by molar-refractivity contribution is -0.140. The molecule has 3 atom stereocenters. The Morgan fingerprint density at radius 3 is 2.49 bits per heavy atom. The minimum absolute atomic E-state index is 0.0458. The number of fused-ring (bicyclic) bond motifs is 3. The van der Waals surface area contributed by atoms with E-state index in [0.29, 0.717) is 36.1 Å². The van der Waals surface area contributed by atoms with Crippen molar-refractivity contribution in [2.45, 2.75) is 77.0 Å². The van der Waals surface area contributed by atoms with Crippen LogP contribution in [-0.2, 0) is 32.8 Å². The maximum absolute atomic E-state index is 14.4. The number of amides is 5. The SMILES string of the molecule is CCCCC(=O)N[C@@H]1C[C@H]2COc3ccc4c(c3)c(c(C)n4C)C(=O)N(C)[C@H](C(=O)NCc3ccc4ccccc4c3)CCC(=O)N(C)CC(=O)N2C1. The summed E-state index contributed by atoms with van der Waals surface area (Å²) < 4.78 is 8.25. The largest absolute Gasteiger partial charge is 0.491 e. The summed E-state index contributed by atoms with van der Waals surface area (Å²) >= 11 is 0. The highest BCUT2D eigenvalue weighted by Gasteiger charge is 2.38. The molecule has 0 aliphatic carbocycles. The van der Waals surface area contributed by atoms with E-state index in [9.17, 15) is 24.0 Å². The molecule has 2 bridgehead atoms. The van der Waals surface area contributed by atoms with Crippen LogP contribution < -0.4 is 15.4 Å². The van der Waals surface area contributed by atoms with Crippen LogP contribution in [0.25, 0.3) is 21.7 Å². The Balaban J connectivity index is 1.29. The summed E-state index contributed by atoms with van der Waals surface area (Å²) in [5, 5.41) is 8.91. The van der Waals surface area contributed by atoms with Crippen LogP contribution in [0.15, 0.2) is 60.7 Å². The van der Waals surface area contributed by atoms with Crippen LogP contribution in [-0.4, -0.2) is 101 Å². The molecule has 1 saturated heterocycles. The third kappa shape index (κ3) is 8.16. The van der Waals surface area contributed by atoms with Gasteiger partial charge in [0.15, 0.2) is 0 Å². The van der Waals surface area contributed by atoms with Gasteiger partial charge in [0, 0.05) is 69.7 Å². The third-order valence-electron chi connectivity index (χ3n) is 10.8. The maximum Gasteiger partial charge on any atom is 0.256 e. The van der Waals surface area contributed by atoms with Gasteiger partial charge in [0.25, 0.3) is 5.91 Å². The Morgan fingerprint density at radius 2 is 1.72 bits per heavy atom. The summed E-state index contributed by atoms with van der Waals surface area (Å²) in [7, 11) is 5.05. The fourth-order valence-corrected chi connectivity index (χ4v) is 7.53. The van der Waals surface area contributed by atoms with Crippen molar-refractivity contribution in [3.8, 4) is 5.75 Å². The van der Waals surface area contributed by atoms with E-state index >= 15 is 0 Å². The average Bonchev–Trinajstić information content (AvgIpc) is 3.67. The highest BCUT2D eigenvalue weighted by Crippen LogP contribution is 2.31. The van der Waals surface area contributed by atoms with Crippen LogP contribution in [0.3, 0.4) is 0 Å². The number of hydrogen-bond donors (Lipinski definition) is 2. The molecule has 2 aliphatic heterocycles. The molecule has 2 N–H and O–H groups in total. The topological polar surface area (TPSA) is 133 Å². The molecule has 1 aromatic heterocycles. The summed E-state index contributed by atoms with van der Waals surface area (Å²) in [6, 6.07) is 18.0. The quantitative estimate of drug-likeness (QED) is 0.293. The zero-order valence-electron chi connectivity index (χ0n) is 31.3. The monoisotopic (exact) mass is 722 g/mol. The predicted octanol–water partition coefficient (Wildman–Crippen LogP) is 4.30. The fourth-order valence-electron chi connectivity index (χ4n) is 7.53. The predicted molar refractivity (Wildman–Crippen MR) is 203 cm³/mol. The molecule has 3 heterocycles. The van der Waals surface area contributed by atoms with Crippen molar-refractivity contribution in [3.05, 3.63) is 77.5 Å². The van der Waals surface area contributed by atoms with Crippen LogP contribution in [0.1, 0.15) is 67.1 Å². The number of nitrogens with one attached hydrogen (secondary N) is 2. The summed E-state index contributed by atoms with van der Waals surface area (Å²) in [6.07, 6.45) is 2.63. The maximum atomic E-state index is 14.4. The number of carbonyl (C=O) groups is 5. The first-order chi connectivity index (χ1) is 25.4. The van der Waals surface area contributed by atoms with Crippen molar-refractivity contribution < 1.29 is 28.7 Å². The Labute approximate surface area is 310 Å². The molecule has 0 radical (unpaired) electrons. The van der Waals surface area contributed by atoms with Gasteiger partial charge in [-0.3, -0.25) is 24.0 Å². The molecule has 1 fully saturated rings. The van der Waals surface area contributed by atoms with Crippen molar-refractivity contribution in [2.75, 3.05) is 33.8 Å². The minimum atomic E-state index is -0.971. The smallest absolute Gasteiger partial charge is 0.256 e. The Morgan fingerprint density at radius 1 is 0.943 bits per heavy atom. The van der Waals surface area contributed by atoms with Crippen molar-refractivity contribution in [1.29, 1.82) is 0 Å². The second kappa shape index (κ2) is 16.1. The molecule has 0 saturated carbocycles. The number of carbonyl (C=O) groups excluding carboxylic acids is 5. The van der Waals surface area contributed by atoms with E-state index in [-0.39, 0.29) is 74.2 Å². The first-order valence-electron chi connectivity index (χ1n) is 18.5. The standard InChI is InChI=1S/C41H50N6O6/c1-6-7-12-36(48)43-30-20-31-25-53-32-15-16-34-33(21-32)39(26(2)45(34)4)41(52)46(5)35(17-18-37(49)44(3)24-38(50)47(31)23-30)40(51)42-22-27-13-14-28-10-8-9-11-29(28)19-27/h8-11,13-16,19,21,30-31,35H,6-7,12,17-18,20,22-25H2,1-5H3,(H,42,51)(H,43,48)/t30-,31+,35+/m1/s1. The fraction of sp³-hybridized carbons (Fsp3) is 0.439. The molecule has 12 heteroatoms. The van der Waals surface area contributed by atoms with E-state index in [1.807, 2.05) is 86.1 Å². The molecule has 12 nitrogen and oxygen atoms in total. The molecule has 280 valence electrons. The normalized spacial score (nSPS) is 20.1. The van der Waals surface area contributed by atoms with Crippen molar-refractivity contribution >= 4 is 51.2 Å². The molecule has 5 amide bonds. The lowest BCUT2D eigenvalue weighted by atomic mass is 10.0. The number of hydrogen-bond acceptors (Lipinski definition) is 6. The molecule has 0 unspecified atom stereocenters. The number of unbranched alkanes of at least 4 members (excludes halogenated alkanes) is 1. The molecule has 6 rings (SSSR count). The van der Waals surface area contributed by atoms with Crippen LogP contribution in [0.5, 0.6) is 5.75 Å². The van der Waals surface area contributed by atoms with Crippen LogP contribution in [0.2, 0.25) is 0 Å². The molecular weight excluding hydrogens is 672 g/mol. The first-order valence-corrected chi connectivity index (χ1v) is 18.5. The lowest BCUT2D eigenvalue weighted by Crippen LogP contribution is -2.48. The highest BCUT2D eigenvalue weighted by atomic mass is 16.5. The first kappa shape index (κ1) is 37.4. The summed E-state index contributed by atoms with van der Waals surface area (Å²) in [6.45, 7) is 4.46. The second-order valence-corrected chi connectivity index (χ2v) is 14.4. The molecule has 4 aromatic rings. The van der Waals surface area contributed by atoms with Gasteiger partial charge in [0.2, 0.25) is 23.6 Å². The summed E-state index contributed by atoms with van der Waals surface area (Å²) in [4.78, 5) is 72.8. The van der Waals surface area contributed by atoms with Crippen molar-refractivity contribution in [1.82, 2.24) is 29.9 Å². The van der Waals surface area contributed by atoms with Gasteiger partial charge in [-0.05, 0) is 66.8 Å². The number of likely N-dealkylation sites (N-methyl/N-ethyl adjacent to an activating group) is 2. The molecule has 2 aliphatic rings. The van der Waals surface area contributed by atoms with Crippen molar-refractivity contribution in [2.24, 2.45) is 7.05 Å². The van der Waals surface area contributed by atoms with Crippen LogP contribution >= 0.6 is 0 Å². The molecule has 53 heavy (non-hydrogen) atoms. The molecule has 3 aromatic carbocycles. The summed E-state index contributed by atoms with van der Waals surface area (Å²) in [5.41, 5.74) is 2.91. The molecular formula is C41H50N6O6. The van der Waals surface area contributed by atoms with E-state index in [2.05, 4.69) is 10.6 Å². The average molecular weight is 723 g/mol. The zero-order valence-corrected chi connectivity index (χ0v) is 31.3. The van der Waals surface area contributed by atoms with E-state index in [1.54, 1.807) is 19.0 Å². The summed E-state index contributed by atoms with van der Waals surface area (Å²) in [5.74, 6) is -0.818. The van der Waals surface area contributed by atoms with E-state index in [1.165, 1.54) is 9.80 Å². The van der Waals surface area contributed by atoms with Gasteiger partial charge in [0.1, 0.15) is 18.4 Å². The van der Waals surface area contributed by atoms with Crippen molar-refractivity contribution in [3.63, 3.8) is 0 Å². The van der Waals surface area contributed by atoms with Gasteiger partial charge >= 0.3 is 0 Å². The number of rotatable bonds is 7. The van der Waals surface area contributed by atoms with Crippen LogP contribution in [0, 0.1) is 6.92 Å². The van der Waals surface area contributed by atoms with Gasteiger partial charge in [-0.2, -0.15) is 0 Å². The van der Waals surface area contributed by atoms with Gasteiger partial charge < -0.3 is 34.6 Å². The minimum Gasteiger partial charge on any atom is -0.491 e. The Kier molecular flexibility index (Phi) is 11.4. The van der Waals surface area contributed by atoms with Gasteiger partial charge in [-0.1, -0.05) is 49.7 Å².